The number of aryl methyl sites for hydroxylation is 1. The minimum Gasteiger partial charge on any atom is -0.479 e. The molecule has 0 aliphatic carbocycles. The van der Waals surface area contributed by atoms with Crippen molar-refractivity contribution in [1.29, 1.82) is 0 Å². The van der Waals surface area contributed by atoms with Gasteiger partial charge in [0.1, 0.15) is 5.82 Å². The van der Waals surface area contributed by atoms with E-state index in [2.05, 4.69) is 28.1 Å². The highest BCUT2D eigenvalue weighted by molar-refractivity contribution is 5.32. The zero-order valence-corrected chi connectivity index (χ0v) is 8.72. The van der Waals surface area contributed by atoms with Gasteiger partial charge in [-0.05, 0) is 6.92 Å². The maximum Gasteiger partial charge on any atom is 0.318 e. The highest BCUT2D eigenvalue weighted by atomic mass is 16.3. The highest BCUT2D eigenvalue weighted by Crippen LogP contribution is 2.10. The number of aromatic hydroxyl groups is 1. The maximum atomic E-state index is 9.24. The van der Waals surface area contributed by atoms with E-state index in [4.69, 9.17) is 0 Å². The minimum atomic E-state index is -0.268. The smallest absolute Gasteiger partial charge is 0.318 e. The van der Waals surface area contributed by atoms with Crippen LogP contribution in [-0.2, 0) is 0 Å². The van der Waals surface area contributed by atoms with E-state index >= 15 is 0 Å². The lowest BCUT2D eigenvalue weighted by Gasteiger charge is -2.18. The molecule has 1 aromatic heterocycles. The summed E-state index contributed by atoms with van der Waals surface area (Å²) in [6.07, 6.45) is 3.47. The monoisotopic (exact) mass is 206 g/mol. The molecular formula is C10H14N4O. The molecule has 15 heavy (non-hydrogen) atoms. The number of anilines is 1. The molecule has 0 unspecified atom stereocenters. The summed E-state index contributed by atoms with van der Waals surface area (Å²) in [4.78, 5) is 13.5. The quantitative estimate of drug-likeness (QED) is 0.730. The molecule has 5 heteroatoms. The van der Waals surface area contributed by atoms with Crippen molar-refractivity contribution in [3.05, 3.63) is 31.1 Å². The van der Waals surface area contributed by atoms with Gasteiger partial charge in [0.15, 0.2) is 0 Å². The molecule has 0 atom stereocenters. The third-order valence-electron chi connectivity index (χ3n) is 1.71. The Morgan fingerprint density at radius 1 is 1.20 bits per heavy atom. The Labute approximate surface area is 88.8 Å². The van der Waals surface area contributed by atoms with E-state index in [1.54, 1.807) is 19.1 Å². The molecule has 1 aromatic rings. The zero-order chi connectivity index (χ0) is 11.3. The summed E-state index contributed by atoms with van der Waals surface area (Å²) in [6.45, 7) is 10.2. The Balaban J connectivity index is 2.98. The van der Waals surface area contributed by atoms with E-state index in [0.29, 0.717) is 24.9 Å². The number of hydrogen-bond donors (Lipinski definition) is 1. The summed E-state index contributed by atoms with van der Waals surface area (Å²) in [5.41, 5.74) is 0. The Hall–Kier alpha value is -1.91. The van der Waals surface area contributed by atoms with Crippen molar-refractivity contribution in [1.82, 2.24) is 15.0 Å². The van der Waals surface area contributed by atoms with E-state index in [-0.39, 0.29) is 6.01 Å². The fourth-order valence-electron chi connectivity index (χ4n) is 1.14. The fraction of sp³-hybridized carbons (Fsp3) is 0.300. The van der Waals surface area contributed by atoms with Crippen molar-refractivity contribution in [2.45, 2.75) is 6.92 Å². The summed E-state index contributed by atoms with van der Waals surface area (Å²) in [7, 11) is 0. The third-order valence-corrected chi connectivity index (χ3v) is 1.71. The van der Waals surface area contributed by atoms with Gasteiger partial charge in [-0.25, -0.2) is 0 Å². The fourth-order valence-corrected chi connectivity index (χ4v) is 1.14. The predicted octanol–water partition coefficient (Wildman–Crippen LogP) is 1.06. The second-order valence-electron chi connectivity index (χ2n) is 2.96. The first-order valence-electron chi connectivity index (χ1n) is 4.55. The molecule has 0 bridgehead atoms. The Kier molecular flexibility index (Phi) is 3.79. The normalized spacial score (nSPS) is 9.67. The van der Waals surface area contributed by atoms with Crippen LogP contribution in [0.3, 0.4) is 0 Å². The van der Waals surface area contributed by atoms with Gasteiger partial charge in [-0.1, -0.05) is 12.2 Å². The summed E-state index contributed by atoms with van der Waals surface area (Å²) in [5.74, 6) is 0.912. The molecular weight excluding hydrogens is 192 g/mol. The maximum absolute atomic E-state index is 9.24. The number of hydrogen-bond acceptors (Lipinski definition) is 5. The van der Waals surface area contributed by atoms with Crippen LogP contribution in [0.2, 0.25) is 0 Å². The third kappa shape index (κ3) is 3.05. The zero-order valence-electron chi connectivity index (χ0n) is 8.72. The molecule has 0 aliphatic heterocycles. The highest BCUT2D eigenvalue weighted by Gasteiger charge is 2.08. The van der Waals surface area contributed by atoms with Crippen molar-refractivity contribution < 1.29 is 5.11 Å². The van der Waals surface area contributed by atoms with Gasteiger partial charge < -0.3 is 10.0 Å². The SMILES string of the molecule is C=CCN(CC=C)c1nc(C)nc(O)n1. The second kappa shape index (κ2) is 5.09. The summed E-state index contributed by atoms with van der Waals surface area (Å²) < 4.78 is 0. The van der Waals surface area contributed by atoms with E-state index in [9.17, 15) is 5.11 Å². The van der Waals surface area contributed by atoms with Crippen LogP contribution in [0.4, 0.5) is 5.95 Å². The van der Waals surface area contributed by atoms with E-state index in [1.807, 2.05) is 4.90 Å². The topological polar surface area (TPSA) is 62.1 Å². The van der Waals surface area contributed by atoms with Crippen LogP contribution in [0.5, 0.6) is 6.01 Å². The van der Waals surface area contributed by atoms with Gasteiger partial charge >= 0.3 is 6.01 Å². The van der Waals surface area contributed by atoms with Gasteiger partial charge in [-0.3, -0.25) is 0 Å². The molecule has 0 spiro atoms. The van der Waals surface area contributed by atoms with Gasteiger partial charge in [0.25, 0.3) is 0 Å². The van der Waals surface area contributed by atoms with Crippen LogP contribution in [0, 0.1) is 6.92 Å². The molecule has 0 radical (unpaired) electrons. The van der Waals surface area contributed by atoms with Gasteiger partial charge in [0, 0.05) is 13.1 Å². The average Bonchev–Trinajstić information content (AvgIpc) is 2.16. The van der Waals surface area contributed by atoms with E-state index < -0.39 is 0 Å². The summed E-state index contributed by atoms with van der Waals surface area (Å²) >= 11 is 0. The number of nitrogens with zero attached hydrogens (tertiary/aromatic N) is 4. The average molecular weight is 206 g/mol. The molecule has 0 aromatic carbocycles. The largest absolute Gasteiger partial charge is 0.479 e. The second-order valence-corrected chi connectivity index (χ2v) is 2.96. The van der Waals surface area contributed by atoms with Crippen LogP contribution in [-0.4, -0.2) is 33.1 Å². The molecule has 0 fully saturated rings. The molecule has 0 saturated carbocycles. The van der Waals surface area contributed by atoms with Gasteiger partial charge in [-0.15, -0.1) is 13.2 Å². The van der Waals surface area contributed by atoms with Crippen LogP contribution in [0.1, 0.15) is 5.82 Å². The van der Waals surface area contributed by atoms with Crippen molar-refractivity contribution in [2.75, 3.05) is 18.0 Å². The first kappa shape index (κ1) is 11.2. The first-order chi connectivity index (χ1) is 7.17. The lowest BCUT2D eigenvalue weighted by atomic mass is 10.4. The summed E-state index contributed by atoms with van der Waals surface area (Å²) in [5, 5.41) is 9.24. The van der Waals surface area contributed by atoms with E-state index in [1.165, 1.54) is 0 Å². The Morgan fingerprint density at radius 2 is 1.80 bits per heavy atom. The number of aromatic nitrogens is 3. The standard InChI is InChI=1S/C10H14N4O/c1-4-6-14(7-5-2)9-11-8(3)12-10(15)13-9/h4-5H,1-2,6-7H2,3H3,(H,11,12,13,15). The molecule has 5 nitrogen and oxygen atoms in total. The lowest BCUT2D eigenvalue weighted by molar-refractivity contribution is 0.425. The Bertz CT molecular complexity index is 334. The molecule has 1 heterocycles. The van der Waals surface area contributed by atoms with Crippen molar-refractivity contribution >= 4 is 5.95 Å². The molecule has 1 rings (SSSR count). The number of rotatable bonds is 5. The first-order valence-corrected chi connectivity index (χ1v) is 4.55. The lowest BCUT2D eigenvalue weighted by Crippen LogP contribution is -2.25. The van der Waals surface area contributed by atoms with Gasteiger partial charge in [0.2, 0.25) is 5.95 Å². The van der Waals surface area contributed by atoms with Crippen LogP contribution in [0.25, 0.3) is 0 Å². The van der Waals surface area contributed by atoms with Crippen LogP contribution in [0.15, 0.2) is 25.3 Å². The van der Waals surface area contributed by atoms with Gasteiger partial charge in [-0.2, -0.15) is 15.0 Å². The summed E-state index contributed by atoms with van der Waals surface area (Å²) in [6, 6.07) is -0.268. The van der Waals surface area contributed by atoms with Crippen LogP contribution < -0.4 is 4.90 Å². The molecule has 0 amide bonds. The molecule has 0 saturated heterocycles. The van der Waals surface area contributed by atoms with Crippen molar-refractivity contribution in [3.63, 3.8) is 0 Å². The van der Waals surface area contributed by atoms with E-state index in [0.717, 1.165) is 0 Å². The molecule has 80 valence electrons. The molecule has 1 N–H and O–H groups in total. The predicted molar refractivity (Wildman–Crippen MR) is 58.8 cm³/mol. The van der Waals surface area contributed by atoms with Crippen molar-refractivity contribution in [2.24, 2.45) is 0 Å². The van der Waals surface area contributed by atoms with Crippen molar-refractivity contribution in [3.8, 4) is 6.01 Å². The van der Waals surface area contributed by atoms with Gasteiger partial charge in [0.05, 0.1) is 0 Å². The van der Waals surface area contributed by atoms with Crippen LogP contribution >= 0.6 is 0 Å². The minimum absolute atomic E-state index is 0.268. The molecule has 0 aliphatic rings. The Morgan fingerprint density at radius 3 is 2.27 bits per heavy atom.